The smallest absolute Gasteiger partial charge is 0.246 e. The molecule has 0 aliphatic carbocycles. The van der Waals surface area contributed by atoms with E-state index >= 15 is 0 Å². The van der Waals surface area contributed by atoms with Crippen LogP contribution in [-0.2, 0) is 16.0 Å². The lowest BCUT2D eigenvalue weighted by molar-refractivity contribution is -0.138. The Bertz CT molecular complexity index is 1010. The number of carbonyl (C=O) groups is 2. The third kappa shape index (κ3) is 4.41. The van der Waals surface area contributed by atoms with Gasteiger partial charge in [-0.1, -0.05) is 36.9 Å². The molecule has 2 aromatic carbocycles. The van der Waals surface area contributed by atoms with Gasteiger partial charge in [0.1, 0.15) is 5.75 Å². The highest BCUT2D eigenvalue weighted by molar-refractivity contribution is 5.87. The zero-order valence-electron chi connectivity index (χ0n) is 18.9. The van der Waals surface area contributed by atoms with Crippen LogP contribution in [0.2, 0.25) is 0 Å². The van der Waals surface area contributed by atoms with Gasteiger partial charge in [-0.05, 0) is 53.8 Å². The fraction of sp³-hybridized carbons (Fsp3) is 0.385. The van der Waals surface area contributed by atoms with Gasteiger partial charge in [-0.3, -0.25) is 14.5 Å². The average molecular weight is 434 g/mol. The van der Waals surface area contributed by atoms with Gasteiger partial charge in [-0.25, -0.2) is 0 Å². The van der Waals surface area contributed by atoms with Crippen LogP contribution in [0, 0.1) is 6.92 Å². The topological polar surface area (TPSA) is 53.1 Å². The van der Waals surface area contributed by atoms with Crippen LogP contribution in [0.15, 0.2) is 55.1 Å². The van der Waals surface area contributed by atoms with E-state index in [-0.39, 0.29) is 17.9 Å². The van der Waals surface area contributed by atoms with Gasteiger partial charge in [0.25, 0.3) is 0 Å². The Kier molecular flexibility index (Phi) is 6.61. The number of piperazine rings is 1. The standard InChI is InChI=1S/C26H31N3O3/c1-4-24(30)27-13-15-28(16-14-27)25(31)18-29-12-11-20-17-21(32-3)9-10-23(20)26(29)22-8-6-5-7-19(22)2/h4-10,17,26H,1,11-16,18H2,2-3H3. The van der Waals surface area contributed by atoms with Crippen molar-refractivity contribution in [2.45, 2.75) is 19.4 Å². The molecule has 2 aliphatic heterocycles. The number of hydrogen-bond acceptors (Lipinski definition) is 4. The molecule has 32 heavy (non-hydrogen) atoms. The van der Waals surface area contributed by atoms with Crippen molar-refractivity contribution in [3.8, 4) is 5.75 Å². The summed E-state index contributed by atoms with van der Waals surface area (Å²) >= 11 is 0. The number of nitrogens with zero attached hydrogens (tertiary/aromatic N) is 3. The molecular formula is C26H31N3O3. The van der Waals surface area contributed by atoms with E-state index in [1.165, 1.54) is 28.3 Å². The molecule has 0 N–H and O–H groups in total. The van der Waals surface area contributed by atoms with Crippen LogP contribution in [-0.4, -0.2) is 72.9 Å². The Morgan fingerprint density at radius 3 is 2.44 bits per heavy atom. The van der Waals surface area contributed by atoms with Crippen molar-refractivity contribution in [2.24, 2.45) is 0 Å². The van der Waals surface area contributed by atoms with Gasteiger partial charge in [0.15, 0.2) is 0 Å². The molecule has 4 rings (SSSR count). The molecule has 6 nitrogen and oxygen atoms in total. The van der Waals surface area contributed by atoms with Crippen LogP contribution in [0.4, 0.5) is 0 Å². The number of aryl methyl sites for hydroxylation is 1. The van der Waals surface area contributed by atoms with E-state index in [9.17, 15) is 9.59 Å². The normalized spacial score (nSPS) is 18.8. The fourth-order valence-electron chi connectivity index (χ4n) is 4.79. The number of hydrogen-bond donors (Lipinski definition) is 0. The number of fused-ring (bicyclic) bond motifs is 1. The van der Waals surface area contributed by atoms with Crippen LogP contribution in [0.3, 0.4) is 0 Å². The van der Waals surface area contributed by atoms with Crippen molar-refractivity contribution < 1.29 is 14.3 Å². The molecule has 2 aromatic rings. The summed E-state index contributed by atoms with van der Waals surface area (Å²) in [7, 11) is 1.69. The molecule has 2 aliphatic rings. The van der Waals surface area contributed by atoms with Crippen molar-refractivity contribution in [3.63, 3.8) is 0 Å². The van der Waals surface area contributed by atoms with E-state index in [0.717, 1.165) is 18.7 Å². The van der Waals surface area contributed by atoms with Crippen LogP contribution in [0.5, 0.6) is 5.75 Å². The summed E-state index contributed by atoms with van der Waals surface area (Å²) in [6, 6.07) is 14.7. The van der Waals surface area contributed by atoms with Crippen molar-refractivity contribution in [2.75, 3.05) is 46.4 Å². The predicted octanol–water partition coefficient (Wildman–Crippen LogP) is 2.81. The quantitative estimate of drug-likeness (QED) is 0.681. The lowest BCUT2D eigenvalue weighted by Crippen LogP contribution is -2.53. The van der Waals surface area contributed by atoms with Gasteiger partial charge in [0.2, 0.25) is 11.8 Å². The van der Waals surface area contributed by atoms with Crippen molar-refractivity contribution in [3.05, 3.63) is 77.4 Å². The highest BCUT2D eigenvalue weighted by atomic mass is 16.5. The second-order valence-electron chi connectivity index (χ2n) is 8.45. The Balaban J connectivity index is 1.56. The second-order valence-corrected chi connectivity index (χ2v) is 8.45. The average Bonchev–Trinajstić information content (AvgIpc) is 2.83. The highest BCUT2D eigenvalue weighted by Gasteiger charge is 2.33. The monoisotopic (exact) mass is 433 g/mol. The third-order valence-electron chi connectivity index (χ3n) is 6.62. The van der Waals surface area contributed by atoms with Crippen LogP contribution < -0.4 is 4.74 Å². The first-order chi connectivity index (χ1) is 15.5. The van der Waals surface area contributed by atoms with Gasteiger partial charge >= 0.3 is 0 Å². The summed E-state index contributed by atoms with van der Waals surface area (Å²) in [5, 5.41) is 0. The minimum atomic E-state index is -0.0696. The predicted molar refractivity (Wildman–Crippen MR) is 125 cm³/mol. The molecule has 1 fully saturated rings. The number of amides is 2. The maximum atomic E-state index is 13.2. The Morgan fingerprint density at radius 2 is 1.75 bits per heavy atom. The fourth-order valence-corrected chi connectivity index (χ4v) is 4.79. The van der Waals surface area contributed by atoms with E-state index in [0.29, 0.717) is 32.7 Å². The van der Waals surface area contributed by atoms with Crippen molar-refractivity contribution in [1.82, 2.24) is 14.7 Å². The van der Waals surface area contributed by atoms with E-state index in [1.807, 2.05) is 11.0 Å². The Morgan fingerprint density at radius 1 is 1.03 bits per heavy atom. The van der Waals surface area contributed by atoms with E-state index < -0.39 is 0 Å². The number of ether oxygens (including phenoxy) is 1. The van der Waals surface area contributed by atoms with E-state index in [4.69, 9.17) is 4.74 Å². The molecule has 1 atom stereocenters. The van der Waals surface area contributed by atoms with Gasteiger partial charge in [0, 0.05) is 32.7 Å². The molecular weight excluding hydrogens is 402 g/mol. The highest BCUT2D eigenvalue weighted by Crippen LogP contribution is 2.37. The molecule has 6 heteroatoms. The molecule has 0 radical (unpaired) electrons. The van der Waals surface area contributed by atoms with Gasteiger partial charge in [-0.15, -0.1) is 0 Å². The number of benzene rings is 2. The molecule has 0 bridgehead atoms. The van der Waals surface area contributed by atoms with Gasteiger partial charge < -0.3 is 14.5 Å². The first-order valence-corrected chi connectivity index (χ1v) is 11.2. The summed E-state index contributed by atoms with van der Waals surface area (Å²) in [4.78, 5) is 31.0. The molecule has 168 valence electrons. The Labute approximate surface area is 190 Å². The van der Waals surface area contributed by atoms with Crippen molar-refractivity contribution in [1.29, 1.82) is 0 Å². The molecule has 0 aromatic heterocycles. The lowest BCUT2D eigenvalue weighted by atomic mass is 9.86. The SMILES string of the molecule is C=CC(=O)N1CCN(C(=O)CN2CCc3cc(OC)ccc3C2c2ccccc2C)CC1. The van der Waals surface area contributed by atoms with Gasteiger partial charge in [0.05, 0.1) is 19.7 Å². The zero-order chi connectivity index (χ0) is 22.7. The Hall–Kier alpha value is -3.12. The molecule has 0 saturated carbocycles. The lowest BCUT2D eigenvalue weighted by Gasteiger charge is -2.40. The minimum absolute atomic E-state index is 0.0263. The van der Waals surface area contributed by atoms with Gasteiger partial charge in [-0.2, -0.15) is 0 Å². The molecule has 2 heterocycles. The summed E-state index contributed by atoms with van der Waals surface area (Å²) in [6.45, 7) is 9.09. The minimum Gasteiger partial charge on any atom is -0.497 e. The number of carbonyl (C=O) groups excluding carboxylic acids is 2. The van der Waals surface area contributed by atoms with E-state index in [2.05, 4.69) is 54.8 Å². The maximum Gasteiger partial charge on any atom is 0.246 e. The van der Waals surface area contributed by atoms with Crippen LogP contribution in [0.1, 0.15) is 28.3 Å². The molecule has 0 spiro atoms. The summed E-state index contributed by atoms with van der Waals surface area (Å²) in [6.07, 6.45) is 2.22. The summed E-state index contributed by atoms with van der Waals surface area (Å²) in [5.74, 6) is 0.912. The molecule has 2 amide bonds. The van der Waals surface area contributed by atoms with Crippen molar-refractivity contribution >= 4 is 11.8 Å². The number of methoxy groups -OCH3 is 1. The molecule has 1 saturated heterocycles. The number of rotatable bonds is 5. The third-order valence-corrected chi connectivity index (χ3v) is 6.62. The second kappa shape index (κ2) is 9.57. The zero-order valence-corrected chi connectivity index (χ0v) is 18.9. The maximum absolute atomic E-state index is 13.2. The summed E-state index contributed by atoms with van der Waals surface area (Å²) < 4.78 is 5.44. The van der Waals surface area contributed by atoms with Crippen LogP contribution >= 0.6 is 0 Å². The first-order valence-electron chi connectivity index (χ1n) is 11.2. The largest absolute Gasteiger partial charge is 0.497 e. The van der Waals surface area contributed by atoms with Crippen LogP contribution in [0.25, 0.3) is 0 Å². The summed E-state index contributed by atoms with van der Waals surface area (Å²) in [5.41, 5.74) is 4.96. The first kappa shape index (κ1) is 22.1. The van der Waals surface area contributed by atoms with E-state index in [1.54, 1.807) is 12.0 Å². The molecule has 1 unspecified atom stereocenters.